The fraction of sp³-hybridized carbons (Fsp3) is 0.182. The number of esters is 1. The van der Waals surface area contributed by atoms with Crippen LogP contribution in [0.1, 0.15) is 41.5 Å². The van der Waals surface area contributed by atoms with Crippen molar-refractivity contribution in [3.05, 3.63) is 120 Å². The van der Waals surface area contributed by atoms with Crippen molar-refractivity contribution in [1.29, 1.82) is 0 Å². The zero-order chi connectivity index (χ0) is 31.7. The number of rotatable bonds is 12. The van der Waals surface area contributed by atoms with E-state index in [9.17, 15) is 18.9 Å². The van der Waals surface area contributed by atoms with Crippen LogP contribution >= 0.6 is 7.75 Å². The Bertz CT molecular complexity index is 1650. The first-order valence-corrected chi connectivity index (χ1v) is 15.5. The molecule has 228 valence electrons. The van der Waals surface area contributed by atoms with Gasteiger partial charge >= 0.3 is 13.7 Å². The summed E-state index contributed by atoms with van der Waals surface area (Å²) in [6.45, 7) is 4.81. The predicted molar refractivity (Wildman–Crippen MR) is 169 cm³/mol. The quantitative estimate of drug-likeness (QED) is 0.133. The lowest BCUT2D eigenvalue weighted by atomic mass is 10.1. The standard InChI is InChI=1S/C33H34N3O7P/c1-23(2)41-33(39)24(3)35-44(40,42-29-21-13-11-19-27(29)31(37)34-25-15-7-5-8-16-25)43-30-22-14-12-20-28(30)32(38)36(4)26-17-9-6-10-18-26/h5-24H,1-4H3,(H,34,37)(H,35,40)/t24-,44?/m0/s1. The topological polar surface area (TPSA) is 123 Å². The van der Waals surface area contributed by atoms with E-state index in [2.05, 4.69) is 10.4 Å². The van der Waals surface area contributed by atoms with Crippen LogP contribution in [0.5, 0.6) is 11.5 Å². The molecule has 0 fully saturated rings. The zero-order valence-electron chi connectivity index (χ0n) is 24.8. The Morgan fingerprint density at radius 3 is 1.80 bits per heavy atom. The molecule has 0 aromatic heterocycles. The molecular weight excluding hydrogens is 581 g/mol. The van der Waals surface area contributed by atoms with Gasteiger partial charge in [-0.1, -0.05) is 60.7 Å². The molecule has 4 aromatic rings. The summed E-state index contributed by atoms with van der Waals surface area (Å²) in [7, 11) is -2.93. The first-order valence-electron chi connectivity index (χ1n) is 13.9. The summed E-state index contributed by atoms with van der Waals surface area (Å²) in [6, 6.07) is 29.1. The smallest absolute Gasteiger partial charge is 0.462 e. The molecule has 0 aliphatic rings. The minimum absolute atomic E-state index is 0.0626. The summed E-state index contributed by atoms with van der Waals surface area (Å²) in [6.07, 6.45) is -0.428. The molecule has 0 bridgehead atoms. The monoisotopic (exact) mass is 615 g/mol. The van der Waals surface area contributed by atoms with E-state index < -0.39 is 37.7 Å². The van der Waals surface area contributed by atoms with Crippen molar-refractivity contribution in [3.8, 4) is 11.5 Å². The lowest BCUT2D eigenvalue weighted by molar-refractivity contribution is -0.149. The van der Waals surface area contributed by atoms with Crippen LogP contribution in [-0.4, -0.2) is 37.0 Å². The van der Waals surface area contributed by atoms with Crippen molar-refractivity contribution < 1.29 is 32.7 Å². The van der Waals surface area contributed by atoms with Crippen LogP contribution in [0.15, 0.2) is 109 Å². The molecule has 0 spiro atoms. The number of benzene rings is 4. The highest BCUT2D eigenvalue weighted by molar-refractivity contribution is 7.52. The number of amides is 2. The lowest BCUT2D eigenvalue weighted by Gasteiger charge is -2.26. The molecular formula is C33H34N3O7P. The third-order valence-corrected chi connectivity index (χ3v) is 7.80. The molecule has 2 amide bonds. The minimum atomic E-state index is -4.54. The summed E-state index contributed by atoms with van der Waals surface area (Å²) < 4.78 is 31.6. The molecule has 0 aliphatic carbocycles. The molecule has 4 rings (SSSR count). The van der Waals surface area contributed by atoms with E-state index in [4.69, 9.17) is 13.8 Å². The van der Waals surface area contributed by atoms with Crippen molar-refractivity contribution in [3.63, 3.8) is 0 Å². The van der Waals surface area contributed by atoms with Crippen molar-refractivity contribution in [2.24, 2.45) is 0 Å². The van der Waals surface area contributed by atoms with Crippen LogP contribution in [0.2, 0.25) is 0 Å². The number of carbonyl (C=O) groups excluding carboxylic acids is 3. The van der Waals surface area contributed by atoms with E-state index in [-0.39, 0.29) is 22.6 Å². The Hall–Kier alpha value is -4.92. The van der Waals surface area contributed by atoms with Gasteiger partial charge in [-0.2, -0.15) is 5.09 Å². The minimum Gasteiger partial charge on any atom is -0.462 e. The van der Waals surface area contributed by atoms with Gasteiger partial charge < -0.3 is 24.0 Å². The second-order valence-electron chi connectivity index (χ2n) is 10.0. The van der Waals surface area contributed by atoms with Crippen molar-refractivity contribution in [2.75, 3.05) is 17.3 Å². The summed E-state index contributed by atoms with van der Waals surface area (Å²) >= 11 is 0. The largest absolute Gasteiger partial charge is 0.513 e. The van der Waals surface area contributed by atoms with Gasteiger partial charge in [-0.15, -0.1) is 0 Å². The number of ether oxygens (including phenoxy) is 1. The molecule has 0 aliphatic heterocycles. The number of hydrogen-bond donors (Lipinski definition) is 2. The number of anilines is 2. The first-order chi connectivity index (χ1) is 21.1. The summed E-state index contributed by atoms with van der Waals surface area (Å²) in [5, 5.41) is 5.39. The number of nitrogens with one attached hydrogen (secondary N) is 2. The Kier molecular flexibility index (Phi) is 10.6. The average molecular weight is 616 g/mol. The molecule has 44 heavy (non-hydrogen) atoms. The highest BCUT2D eigenvalue weighted by atomic mass is 31.2. The first kappa shape index (κ1) is 32.0. The van der Waals surface area contributed by atoms with E-state index in [1.54, 1.807) is 93.7 Å². The van der Waals surface area contributed by atoms with Gasteiger partial charge in [-0.05, 0) is 69.3 Å². The SMILES string of the molecule is CC(C)OC(=O)[C@H](C)NP(=O)(Oc1ccccc1C(=O)Nc1ccccc1)Oc1ccccc1C(=O)N(C)c1ccccc1. The number of carbonyl (C=O) groups is 3. The summed E-state index contributed by atoms with van der Waals surface area (Å²) in [4.78, 5) is 40.9. The molecule has 0 radical (unpaired) electrons. The van der Waals surface area contributed by atoms with Crippen LogP contribution < -0.4 is 24.4 Å². The number of para-hydroxylation sites is 4. The van der Waals surface area contributed by atoms with E-state index in [1.165, 1.54) is 36.1 Å². The zero-order valence-corrected chi connectivity index (χ0v) is 25.7. The third-order valence-electron chi connectivity index (χ3n) is 6.22. The molecule has 0 saturated carbocycles. The fourth-order valence-electron chi connectivity index (χ4n) is 4.08. The van der Waals surface area contributed by atoms with Crippen molar-refractivity contribution in [1.82, 2.24) is 5.09 Å². The van der Waals surface area contributed by atoms with Gasteiger partial charge in [0.1, 0.15) is 17.5 Å². The maximum absolute atomic E-state index is 14.5. The van der Waals surface area contributed by atoms with Gasteiger partial charge in [0.15, 0.2) is 0 Å². The number of hydrogen-bond acceptors (Lipinski definition) is 7. The molecule has 4 aromatic carbocycles. The van der Waals surface area contributed by atoms with Gasteiger partial charge in [-0.3, -0.25) is 14.4 Å². The highest BCUT2D eigenvalue weighted by Gasteiger charge is 2.36. The van der Waals surface area contributed by atoms with Crippen LogP contribution in [0, 0.1) is 0 Å². The lowest BCUT2D eigenvalue weighted by Crippen LogP contribution is -2.37. The van der Waals surface area contributed by atoms with E-state index >= 15 is 0 Å². The third kappa shape index (κ3) is 8.34. The molecule has 11 heteroatoms. The Morgan fingerprint density at radius 2 is 1.20 bits per heavy atom. The maximum atomic E-state index is 14.5. The molecule has 0 saturated heterocycles. The molecule has 2 N–H and O–H groups in total. The Labute approximate surface area is 256 Å². The van der Waals surface area contributed by atoms with Crippen molar-refractivity contribution >= 4 is 36.9 Å². The molecule has 10 nitrogen and oxygen atoms in total. The second kappa shape index (κ2) is 14.5. The van der Waals surface area contributed by atoms with E-state index in [1.807, 2.05) is 12.1 Å². The van der Waals surface area contributed by atoms with Crippen LogP contribution in [0.25, 0.3) is 0 Å². The van der Waals surface area contributed by atoms with Gasteiger partial charge in [0.05, 0.1) is 17.2 Å². The van der Waals surface area contributed by atoms with Crippen LogP contribution in [0.4, 0.5) is 11.4 Å². The molecule has 0 heterocycles. The Balaban J connectivity index is 1.69. The van der Waals surface area contributed by atoms with E-state index in [0.717, 1.165) is 0 Å². The summed E-state index contributed by atoms with van der Waals surface area (Å²) in [5.41, 5.74) is 1.34. The van der Waals surface area contributed by atoms with Gasteiger partial charge in [0.25, 0.3) is 11.8 Å². The summed E-state index contributed by atoms with van der Waals surface area (Å²) in [5.74, 6) is -1.80. The van der Waals surface area contributed by atoms with Gasteiger partial charge in [0, 0.05) is 18.4 Å². The normalized spacial score (nSPS) is 12.8. The van der Waals surface area contributed by atoms with Crippen LogP contribution in [-0.2, 0) is 14.1 Å². The van der Waals surface area contributed by atoms with E-state index in [0.29, 0.717) is 11.4 Å². The van der Waals surface area contributed by atoms with Gasteiger partial charge in [0.2, 0.25) is 0 Å². The predicted octanol–water partition coefficient (Wildman–Crippen LogP) is 6.71. The molecule has 1 unspecified atom stereocenters. The van der Waals surface area contributed by atoms with Crippen molar-refractivity contribution in [2.45, 2.75) is 32.9 Å². The Morgan fingerprint density at radius 1 is 0.705 bits per heavy atom. The molecule has 2 atom stereocenters. The maximum Gasteiger partial charge on any atom is 0.513 e. The second-order valence-corrected chi connectivity index (χ2v) is 11.6. The van der Waals surface area contributed by atoms with Gasteiger partial charge in [-0.25, -0.2) is 4.57 Å². The average Bonchev–Trinajstić information content (AvgIpc) is 3.01. The number of nitrogens with zero attached hydrogens (tertiary/aromatic N) is 1. The van der Waals surface area contributed by atoms with Crippen LogP contribution in [0.3, 0.4) is 0 Å². The highest BCUT2D eigenvalue weighted by Crippen LogP contribution is 2.47. The fourth-order valence-corrected chi connectivity index (χ4v) is 5.64.